The molecule has 0 aliphatic carbocycles. The number of hydrogen-bond acceptors (Lipinski definition) is 4. The van der Waals surface area contributed by atoms with Gasteiger partial charge in [0.15, 0.2) is 0 Å². The first-order chi connectivity index (χ1) is 6.15. The van der Waals surface area contributed by atoms with Crippen LogP contribution in [-0.4, -0.2) is 18.1 Å². The lowest BCUT2D eigenvalue weighted by Crippen LogP contribution is -2.23. The fraction of sp³-hybridized carbons (Fsp3) is 0.250. The van der Waals surface area contributed by atoms with Crippen LogP contribution >= 0.6 is 0 Å². The second-order valence-corrected chi connectivity index (χ2v) is 2.40. The van der Waals surface area contributed by atoms with Crippen LogP contribution in [0, 0.1) is 5.82 Å². The summed E-state index contributed by atoms with van der Waals surface area (Å²) in [7, 11) is 1.21. The Labute approximate surface area is 74.5 Å². The Kier molecular flexibility index (Phi) is 2.92. The predicted octanol–water partition coefficient (Wildman–Crippen LogP) is 0.394. The van der Waals surface area contributed by atoms with E-state index >= 15 is 0 Å². The number of hydrogen-bond donors (Lipinski definition) is 1. The molecule has 0 fully saturated rings. The van der Waals surface area contributed by atoms with Crippen LogP contribution in [0.1, 0.15) is 11.7 Å². The Hall–Kier alpha value is -1.49. The number of ether oxygens (including phenoxy) is 1. The summed E-state index contributed by atoms with van der Waals surface area (Å²) in [6.45, 7) is 0. The summed E-state index contributed by atoms with van der Waals surface area (Å²) < 4.78 is 17.0. The van der Waals surface area contributed by atoms with Gasteiger partial charge in [-0.1, -0.05) is 0 Å². The molecule has 2 N–H and O–H groups in total. The number of carbonyl (C=O) groups is 1. The van der Waals surface area contributed by atoms with E-state index in [-0.39, 0.29) is 5.69 Å². The van der Waals surface area contributed by atoms with E-state index in [2.05, 4.69) is 9.72 Å². The number of nitrogens with zero attached hydrogens (tertiary/aromatic N) is 1. The van der Waals surface area contributed by atoms with Crippen molar-refractivity contribution in [2.75, 3.05) is 7.11 Å². The average Bonchev–Trinajstić information content (AvgIpc) is 2.15. The molecule has 5 heteroatoms. The lowest BCUT2D eigenvalue weighted by Gasteiger charge is -2.07. The van der Waals surface area contributed by atoms with Crippen LogP contribution in [0.15, 0.2) is 18.3 Å². The maximum atomic E-state index is 12.6. The van der Waals surface area contributed by atoms with Gasteiger partial charge in [0.25, 0.3) is 0 Å². The SMILES string of the molecule is COC(=O)C(N)c1cc(F)ccn1. The molecule has 1 atom stereocenters. The van der Waals surface area contributed by atoms with E-state index < -0.39 is 17.8 Å². The molecule has 1 aromatic heterocycles. The average molecular weight is 184 g/mol. The highest BCUT2D eigenvalue weighted by Gasteiger charge is 2.17. The van der Waals surface area contributed by atoms with Gasteiger partial charge in [-0.15, -0.1) is 0 Å². The van der Waals surface area contributed by atoms with Crippen LogP contribution in [0.4, 0.5) is 4.39 Å². The van der Waals surface area contributed by atoms with Crippen LogP contribution in [0.3, 0.4) is 0 Å². The summed E-state index contributed by atoms with van der Waals surface area (Å²) in [4.78, 5) is 14.7. The van der Waals surface area contributed by atoms with E-state index in [1.54, 1.807) is 0 Å². The molecule has 0 aromatic carbocycles. The van der Waals surface area contributed by atoms with Crippen molar-refractivity contribution in [2.45, 2.75) is 6.04 Å². The molecule has 70 valence electrons. The van der Waals surface area contributed by atoms with Crippen molar-refractivity contribution < 1.29 is 13.9 Å². The Balaban J connectivity index is 2.88. The van der Waals surface area contributed by atoms with Gasteiger partial charge in [0.1, 0.15) is 11.9 Å². The lowest BCUT2D eigenvalue weighted by molar-refractivity contribution is -0.142. The van der Waals surface area contributed by atoms with E-state index in [1.807, 2.05) is 0 Å². The minimum Gasteiger partial charge on any atom is -0.468 e. The third-order valence-electron chi connectivity index (χ3n) is 1.52. The number of esters is 1. The normalized spacial score (nSPS) is 12.2. The fourth-order valence-corrected chi connectivity index (χ4v) is 0.839. The predicted molar refractivity (Wildman–Crippen MR) is 43.1 cm³/mol. The fourth-order valence-electron chi connectivity index (χ4n) is 0.839. The molecule has 1 unspecified atom stereocenters. The molecule has 0 aliphatic rings. The highest BCUT2D eigenvalue weighted by Crippen LogP contribution is 2.09. The third-order valence-corrected chi connectivity index (χ3v) is 1.52. The van der Waals surface area contributed by atoms with Gasteiger partial charge >= 0.3 is 5.97 Å². The maximum absolute atomic E-state index is 12.6. The standard InChI is InChI=1S/C8H9FN2O2/c1-13-8(12)7(10)6-4-5(9)2-3-11-6/h2-4,7H,10H2,1H3. The molecule has 0 amide bonds. The molecule has 4 nitrogen and oxygen atoms in total. The van der Waals surface area contributed by atoms with Crippen molar-refractivity contribution in [2.24, 2.45) is 5.73 Å². The van der Waals surface area contributed by atoms with Gasteiger partial charge in [-0.25, -0.2) is 9.18 Å². The second-order valence-electron chi connectivity index (χ2n) is 2.40. The number of rotatable bonds is 2. The number of methoxy groups -OCH3 is 1. The molecule has 0 bridgehead atoms. The molecule has 0 saturated carbocycles. The maximum Gasteiger partial charge on any atom is 0.328 e. The topological polar surface area (TPSA) is 65.2 Å². The van der Waals surface area contributed by atoms with Crippen molar-refractivity contribution in [3.8, 4) is 0 Å². The number of nitrogens with two attached hydrogens (primary N) is 1. The molecule has 13 heavy (non-hydrogen) atoms. The molecular weight excluding hydrogens is 175 g/mol. The van der Waals surface area contributed by atoms with Gasteiger partial charge in [-0.2, -0.15) is 0 Å². The lowest BCUT2D eigenvalue weighted by atomic mass is 10.2. The van der Waals surface area contributed by atoms with Crippen molar-refractivity contribution in [3.05, 3.63) is 29.8 Å². The zero-order valence-electron chi connectivity index (χ0n) is 7.03. The molecule has 1 heterocycles. The second kappa shape index (κ2) is 3.95. The van der Waals surface area contributed by atoms with Crippen LogP contribution in [0.5, 0.6) is 0 Å². The summed E-state index contributed by atoms with van der Waals surface area (Å²) in [6, 6.07) is 1.25. The molecule has 0 spiro atoms. The summed E-state index contributed by atoms with van der Waals surface area (Å²) >= 11 is 0. The highest BCUT2D eigenvalue weighted by molar-refractivity contribution is 5.76. The Morgan fingerprint density at radius 3 is 3.00 bits per heavy atom. The summed E-state index contributed by atoms with van der Waals surface area (Å²) in [5, 5.41) is 0. The molecule has 1 rings (SSSR count). The highest BCUT2D eigenvalue weighted by atomic mass is 19.1. The summed E-state index contributed by atoms with van der Waals surface area (Å²) in [6.07, 6.45) is 1.24. The van der Waals surface area contributed by atoms with Gasteiger partial charge < -0.3 is 10.5 Å². The zero-order valence-corrected chi connectivity index (χ0v) is 7.03. The largest absolute Gasteiger partial charge is 0.468 e. The van der Waals surface area contributed by atoms with E-state index in [4.69, 9.17) is 5.73 Å². The number of aromatic nitrogens is 1. The van der Waals surface area contributed by atoms with Gasteiger partial charge in [0, 0.05) is 6.20 Å². The van der Waals surface area contributed by atoms with Gasteiger partial charge in [0.2, 0.25) is 0 Å². The van der Waals surface area contributed by atoms with E-state index in [1.165, 1.54) is 19.4 Å². The van der Waals surface area contributed by atoms with Crippen molar-refractivity contribution in [1.29, 1.82) is 0 Å². The third kappa shape index (κ3) is 2.22. The van der Waals surface area contributed by atoms with Gasteiger partial charge in [-0.05, 0) is 12.1 Å². The molecule has 0 saturated heterocycles. The quantitative estimate of drug-likeness (QED) is 0.675. The van der Waals surface area contributed by atoms with E-state index in [0.29, 0.717) is 0 Å². The summed E-state index contributed by atoms with van der Waals surface area (Å²) in [5.41, 5.74) is 5.57. The molecule has 0 radical (unpaired) electrons. The van der Waals surface area contributed by atoms with E-state index in [0.717, 1.165) is 6.07 Å². The van der Waals surface area contributed by atoms with Crippen molar-refractivity contribution in [1.82, 2.24) is 4.98 Å². The molecular formula is C8H9FN2O2. The Morgan fingerprint density at radius 1 is 1.77 bits per heavy atom. The summed E-state index contributed by atoms with van der Waals surface area (Å²) in [5.74, 6) is -1.12. The smallest absolute Gasteiger partial charge is 0.328 e. The minimum absolute atomic E-state index is 0.159. The van der Waals surface area contributed by atoms with Crippen LogP contribution in [0.25, 0.3) is 0 Å². The minimum atomic E-state index is -1.03. The zero-order chi connectivity index (χ0) is 9.84. The van der Waals surface area contributed by atoms with Gasteiger partial charge in [-0.3, -0.25) is 4.98 Å². The van der Waals surface area contributed by atoms with Crippen LogP contribution in [0.2, 0.25) is 0 Å². The first kappa shape index (κ1) is 9.60. The van der Waals surface area contributed by atoms with Crippen molar-refractivity contribution in [3.63, 3.8) is 0 Å². The number of halogens is 1. The number of carbonyl (C=O) groups excluding carboxylic acids is 1. The first-order valence-corrected chi connectivity index (χ1v) is 3.60. The van der Waals surface area contributed by atoms with Crippen LogP contribution in [-0.2, 0) is 9.53 Å². The molecule has 1 aromatic rings. The number of pyridine rings is 1. The van der Waals surface area contributed by atoms with E-state index in [9.17, 15) is 9.18 Å². The first-order valence-electron chi connectivity index (χ1n) is 3.60. The van der Waals surface area contributed by atoms with Crippen molar-refractivity contribution >= 4 is 5.97 Å². The molecule has 0 aliphatic heterocycles. The monoisotopic (exact) mass is 184 g/mol. The van der Waals surface area contributed by atoms with Gasteiger partial charge in [0.05, 0.1) is 12.8 Å². The Bertz CT molecular complexity index is 317. The Morgan fingerprint density at radius 2 is 2.46 bits per heavy atom. The van der Waals surface area contributed by atoms with Crippen LogP contribution < -0.4 is 5.73 Å².